The molecule has 0 atom stereocenters. The first-order valence-electron chi connectivity index (χ1n) is 8.51. The smallest absolute Gasteiger partial charge is 0.261 e. The van der Waals surface area contributed by atoms with Crippen molar-refractivity contribution in [2.45, 2.75) is 39.7 Å². The predicted molar refractivity (Wildman–Crippen MR) is 96.3 cm³/mol. The average molecular weight is 344 g/mol. The first kappa shape index (κ1) is 18.6. The van der Waals surface area contributed by atoms with Crippen LogP contribution in [0.5, 0.6) is 0 Å². The highest BCUT2D eigenvalue weighted by Crippen LogP contribution is 2.11. The van der Waals surface area contributed by atoms with E-state index in [2.05, 4.69) is 15.6 Å². The van der Waals surface area contributed by atoms with Crippen LogP contribution in [-0.2, 0) is 16.1 Å². The van der Waals surface area contributed by atoms with Gasteiger partial charge in [0.2, 0.25) is 11.8 Å². The van der Waals surface area contributed by atoms with Gasteiger partial charge in [0.25, 0.3) is 5.56 Å². The van der Waals surface area contributed by atoms with Crippen LogP contribution in [0.25, 0.3) is 10.9 Å². The van der Waals surface area contributed by atoms with E-state index < -0.39 is 0 Å². The number of carbonyl (C=O) groups is 2. The first-order valence-corrected chi connectivity index (χ1v) is 8.51. The third-order valence-corrected chi connectivity index (χ3v) is 3.88. The first-order chi connectivity index (χ1) is 12.0. The van der Waals surface area contributed by atoms with Crippen LogP contribution in [0.15, 0.2) is 29.3 Å². The number of aryl methyl sites for hydroxylation is 2. The van der Waals surface area contributed by atoms with E-state index in [1.54, 1.807) is 6.07 Å². The molecule has 25 heavy (non-hydrogen) atoms. The molecule has 0 spiro atoms. The van der Waals surface area contributed by atoms with Gasteiger partial charge in [-0.1, -0.05) is 19.1 Å². The van der Waals surface area contributed by atoms with E-state index in [0.717, 1.165) is 12.0 Å². The summed E-state index contributed by atoms with van der Waals surface area (Å²) in [5.41, 5.74) is 1.56. The van der Waals surface area contributed by atoms with E-state index in [9.17, 15) is 14.4 Å². The van der Waals surface area contributed by atoms with Crippen molar-refractivity contribution in [1.29, 1.82) is 0 Å². The molecule has 2 rings (SSSR count). The molecule has 0 unspecified atom stereocenters. The van der Waals surface area contributed by atoms with Crippen molar-refractivity contribution >= 4 is 22.7 Å². The fourth-order valence-corrected chi connectivity index (χ4v) is 2.50. The molecule has 0 aliphatic carbocycles. The highest BCUT2D eigenvalue weighted by molar-refractivity contribution is 5.84. The van der Waals surface area contributed by atoms with Gasteiger partial charge in [-0.15, -0.1) is 0 Å². The molecule has 2 aromatic rings. The summed E-state index contributed by atoms with van der Waals surface area (Å²) >= 11 is 0. The number of nitrogens with zero attached hydrogens (tertiary/aromatic N) is 2. The van der Waals surface area contributed by atoms with Crippen molar-refractivity contribution in [2.24, 2.45) is 0 Å². The van der Waals surface area contributed by atoms with Crippen LogP contribution in [0.4, 0.5) is 0 Å². The Morgan fingerprint density at radius 2 is 2.00 bits per heavy atom. The standard InChI is InChI=1S/C18H24N4O3/c1-3-9-19-16(24)11-20-15(23)8-5-10-22-12-21-17-13(2)6-4-7-14(17)18(22)25/h4,6-7,12H,3,5,8-11H2,1-2H3,(H,19,24)(H,20,23). The van der Waals surface area contributed by atoms with Crippen LogP contribution >= 0.6 is 0 Å². The summed E-state index contributed by atoms with van der Waals surface area (Å²) in [5, 5.41) is 5.85. The second-order valence-electron chi connectivity index (χ2n) is 5.94. The van der Waals surface area contributed by atoms with Gasteiger partial charge in [0.15, 0.2) is 0 Å². The lowest BCUT2D eigenvalue weighted by Crippen LogP contribution is -2.37. The number of amides is 2. The summed E-state index contributed by atoms with van der Waals surface area (Å²) in [6.45, 7) is 4.87. The van der Waals surface area contributed by atoms with Gasteiger partial charge >= 0.3 is 0 Å². The zero-order valence-electron chi connectivity index (χ0n) is 14.7. The number of rotatable bonds is 8. The molecule has 1 heterocycles. The summed E-state index contributed by atoms with van der Waals surface area (Å²) < 4.78 is 1.52. The number of benzene rings is 1. The van der Waals surface area contributed by atoms with Crippen molar-refractivity contribution in [3.63, 3.8) is 0 Å². The van der Waals surface area contributed by atoms with Gasteiger partial charge in [0.1, 0.15) is 0 Å². The summed E-state index contributed by atoms with van der Waals surface area (Å²) in [6.07, 6.45) is 3.13. The maximum absolute atomic E-state index is 12.4. The summed E-state index contributed by atoms with van der Waals surface area (Å²) in [7, 11) is 0. The molecule has 134 valence electrons. The quantitative estimate of drug-likeness (QED) is 0.751. The molecule has 7 nitrogen and oxygen atoms in total. The molecular weight excluding hydrogens is 320 g/mol. The van der Waals surface area contributed by atoms with E-state index >= 15 is 0 Å². The van der Waals surface area contributed by atoms with Crippen LogP contribution in [0, 0.1) is 6.92 Å². The Bertz CT molecular complexity index is 814. The summed E-state index contributed by atoms with van der Waals surface area (Å²) in [6, 6.07) is 5.51. The molecule has 0 aliphatic heterocycles. The van der Waals surface area contributed by atoms with Gasteiger partial charge in [-0.3, -0.25) is 19.0 Å². The minimum atomic E-state index is -0.204. The van der Waals surface area contributed by atoms with Crippen molar-refractivity contribution in [2.75, 3.05) is 13.1 Å². The molecule has 2 amide bonds. The normalized spacial score (nSPS) is 10.6. The number of aromatic nitrogens is 2. The lowest BCUT2D eigenvalue weighted by Gasteiger charge is -2.08. The zero-order valence-corrected chi connectivity index (χ0v) is 14.7. The lowest BCUT2D eigenvalue weighted by molar-refractivity contribution is -0.126. The number of hydrogen-bond donors (Lipinski definition) is 2. The highest BCUT2D eigenvalue weighted by atomic mass is 16.2. The zero-order chi connectivity index (χ0) is 18.2. The van der Waals surface area contributed by atoms with Crippen LogP contribution in [0.2, 0.25) is 0 Å². The number of para-hydroxylation sites is 1. The molecule has 0 bridgehead atoms. The molecule has 0 aliphatic rings. The van der Waals surface area contributed by atoms with Crippen molar-refractivity contribution in [3.05, 3.63) is 40.4 Å². The highest BCUT2D eigenvalue weighted by Gasteiger charge is 2.08. The van der Waals surface area contributed by atoms with E-state index in [-0.39, 0.29) is 30.3 Å². The second-order valence-corrected chi connectivity index (χ2v) is 5.94. The van der Waals surface area contributed by atoms with E-state index in [4.69, 9.17) is 0 Å². The Hall–Kier alpha value is -2.70. The topological polar surface area (TPSA) is 93.1 Å². The van der Waals surface area contributed by atoms with Gasteiger partial charge in [-0.25, -0.2) is 4.98 Å². The number of carbonyl (C=O) groups excluding carboxylic acids is 2. The molecule has 7 heteroatoms. The van der Waals surface area contributed by atoms with Crippen LogP contribution in [0.3, 0.4) is 0 Å². The molecule has 0 fully saturated rings. The van der Waals surface area contributed by atoms with Crippen LogP contribution in [-0.4, -0.2) is 34.5 Å². The SMILES string of the molecule is CCCNC(=O)CNC(=O)CCCn1cnc2c(C)cccc2c1=O. The lowest BCUT2D eigenvalue weighted by atomic mass is 10.1. The number of hydrogen-bond acceptors (Lipinski definition) is 4. The average Bonchev–Trinajstić information content (AvgIpc) is 2.60. The Balaban J connectivity index is 1.85. The van der Waals surface area contributed by atoms with Gasteiger partial charge in [0.05, 0.1) is 23.8 Å². The van der Waals surface area contributed by atoms with Gasteiger partial charge < -0.3 is 10.6 Å². The van der Waals surface area contributed by atoms with E-state index in [1.165, 1.54) is 10.9 Å². The predicted octanol–water partition coefficient (Wildman–Crippen LogP) is 1.13. The molecule has 0 saturated heterocycles. The van der Waals surface area contributed by atoms with Crippen molar-refractivity contribution < 1.29 is 9.59 Å². The summed E-state index contributed by atoms with van der Waals surface area (Å²) in [5.74, 6) is -0.398. The van der Waals surface area contributed by atoms with Gasteiger partial charge in [-0.05, 0) is 31.4 Å². The largest absolute Gasteiger partial charge is 0.355 e. The number of nitrogens with one attached hydrogen (secondary N) is 2. The Labute approximate surface area is 146 Å². The number of fused-ring (bicyclic) bond motifs is 1. The molecule has 1 aromatic carbocycles. The molecule has 1 aromatic heterocycles. The van der Waals surface area contributed by atoms with Crippen molar-refractivity contribution in [1.82, 2.24) is 20.2 Å². The van der Waals surface area contributed by atoms with E-state index in [1.807, 2.05) is 26.0 Å². The summed E-state index contributed by atoms with van der Waals surface area (Å²) in [4.78, 5) is 40.0. The Kier molecular flexibility index (Phi) is 6.68. The van der Waals surface area contributed by atoms with Gasteiger partial charge in [-0.2, -0.15) is 0 Å². The minimum Gasteiger partial charge on any atom is -0.355 e. The van der Waals surface area contributed by atoms with Crippen LogP contribution < -0.4 is 16.2 Å². The Morgan fingerprint density at radius 3 is 2.76 bits per heavy atom. The van der Waals surface area contributed by atoms with Crippen molar-refractivity contribution in [3.8, 4) is 0 Å². The Morgan fingerprint density at radius 1 is 1.20 bits per heavy atom. The van der Waals surface area contributed by atoms with Crippen LogP contribution in [0.1, 0.15) is 31.7 Å². The van der Waals surface area contributed by atoms with E-state index in [0.29, 0.717) is 30.4 Å². The monoisotopic (exact) mass is 344 g/mol. The third kappa shape index (κ3) is 5.14. The second kappa shape index (κ2) is 8.96. The molecule has 2 N–H and O–H groups in total. The third-order valence-electron chi connectivity index (χ3n) is 3.88. The molecule has 0 saturated carbocycles. The fraction of sp³-hybridized carbons (Fsp3) is 0.444. The minimum absolute atomic E-state index is 0.0183. The molecule has 0 radical (unpaired) electrons. The maximum atomic E-state index is 12.4. The maximum Gasteiger partial charge on any atom is 0.261 e. The van der Waals surface area contributed by atoms with Gasteiger partial charge in [0, 0.05) is 19.5 Å². The fourth-order valence-electron chi connectivity index (χ4n) is 2.50. The molecular formula is C18H24N4O3.